The van der Waals surface area contributed by atoms with Gasteiger partial charge in [-0.05, 0) is 22.9 Å². The lowest BCUT2D eigenvalue weighted by Gasteiger charge is -1.86. The van der Waals surface area contributed by atoms with Gasteiger partial charge in [-0.15, -0.1) is 0 Å². The largest absolute Gasteiger partial charge is 0.412 e. The van der Waals surface area contributed by atoms with Gasteiger partial charge in [-0.2, -0.15) is 0 Å². The van der Waals surface area contributed by atoms with Gasteiger partial charge in [-0.3, -0.25) is 4.79 Å². The highest BCUT2D eigenvalue weighted by molar-refractivity contribution is 9.20. The van der Waals surface area contributed by atoms with Gasteiger partial charge in [0.15, 0.2) is 0 Å². The number of carbonyl (C=O) groups is 1. The van der Waals surface area contributed by atoms with Crippen LogP contribution in [0.15, 0.2) is 0 Å². The molecule has 0 saturated heterocycles. The molecule has 0 amide bonds. The Labute approximate surface area is 81.1 Å². The summed E-state index contributed by atoms with van der Waals surface area (Å²) in [5, 5.41) is 0. The molecule has 0 spiro atoms. The van der Waals surface area contributed by atoms with Crippen molar-refractivity contribution in [2.24, 2.45) is 0 Å². The molecular weight excluding hydrogens is 252 g/mol. The fraction of sp³-hybridized carbons (Fsp3) is 0.667. The fourth-order valence-corrected chi connectivity index (χ4v) is 0. The summed E-state index contributed by atoms with van der Waals surface area (Å²) in [6.07, 6.45) is 0. The van der Waals surface area contributed by atoms with Gasteiger partial charge in [0.25, 0.3) is 0 Å². The second kappa shape index (κ2) is 8.36. The maximum absolute atomic E-state index is 10.0. The molecule has 0 rings (SSSR count). The average molecular weight is 260 g/mol. The molecule has 0 aliphatic rings. The van der Waals surface area contributed by atoms with Crippen molar-refractivity contribution in [2.45, 2.75) is 11.8 Å². The first kappa shape index (κ1) is 16.2. The van der Waals surface area contributed by atoms with E-state index in [9.17, 15) is 4.79 Å². The summed E-state index contributed by atoms with van der Waals surface area (Å²) in [5.41, 5.74) is 0. The van der Waals surface area contributed by atoms with Crippen LogP contribution in [0, 0.1) is 0 Å². The van der Waals surface area contributed by atoms with E-state index in [4.69, 9.17) is 0 Å². The van der Waals surface area contributed by atoms with Crippen LogP contribution in [0.4, 0.5) is 0 Å². The van der Waals surface area contributed by atoms with E-state index in [2.05, 4.69) is 31.9 Å². The van der Waals surface area contributed by atoms with Gasteiger partial charge >= 0.3 is 23.1 Å². The van der Waals surface area contributed by atoms with Crippen LogP contribution >= 0.6 is 31.9 Å². The topological polar surface area (TPSA) is 48.6 Å². The summed E-state index contributed by atoms with van der Waals surface area (Å²) in [6.45, 7) is 1.76. The average Bonchev–Trinajstić information content (AvgIpc) is 1.36. The van der Waals surface area contributed by atoms with E-state index in [1.54, 1.807) is 6.92 Å². The standard InChI is InChI=1S/C3H4Br2O.Mg.H2O.2H/c1-2(4)3(5)6;;;;/h2H,1H3;;1H2;;. The number of rotatable bonds is 1. The van der Waals surface area contributed by atoms with E-state index in [-0.39, 0.29) is 38.0 Å². The Bertz CT molecular complexity index is 66.3. The quantitative estimate of drug-likeness (QED) is 0.370. The minimum atomic E-state index is -0.0579. The van der Waals surface area contributed by atoms with Crippen LogP contribution in [0.2, 0.25) is 0 Å². The molecule has 0 aromatic heterocycles. The molecule has 0 aliphatic heterocycles. The predicted molar refractivity (Wildman–Crippen MR) is 44.5 cm³/mol. The van der Waals surface area contributed by atoms with Crippen molar-refractivity contribution in [2.75, 3.05) is 0 Å². The minimum absolute atomic E-state index is 0. The smallest absolute Gasteiger partial charge is 0.316 e. The van der Waals surface area contributed by atoms with Gasteiger partial charge in [-0.1, -0.05) is 15.9 Å². The van der Waals surface area contributed by atoms with Crippen molar-refractivity contribution in [3.63, 3.8) is 0 Å². The van der Waals surface area contributed by atoms with Gasteiger partial charge in [0.2, 0.25) is 4.69 Å². The Morgan fingerprint density at radius 2 is 1.75 bits per heavy atom. The van der Waals surface area contributed by atoms with Crippen LogP contribution < -0.4 is 0 Å². The maximum atomic E-state index is 10.0. The zero-order valence-electron chi connectivity index (χ0n) is 3.74. The Morgan fingerprint density at radius 1 is 1.62 bits per heavy atom. The van der Waals surface area contributed by atoms with Crippen LogP contribution in [0.5, 0.6) is 0 Å². The monoisotopic (exact) mass is 258 g/mol. The van der Waals surface area contributed by atoms with E-state index >= 15 is 0 Å². The molecule has 0 bridgehead atoms. The Kier molecular flexibility index (Phi) is 16.9. The molecule has 2 N–H and O–H groups in total. The van der Waals surface area contributed by atoms with Crippen molar-refractivity contribution >= 4 is 59.6 Å². The number of carbonyl (C=O) groups excluding carboxylic acids is 1. The molecule has 2 nitrogen and oxygen atoms in total. The van der Waals surface area contributed by atoms with Gasteiger partial charge in [0.1, 0.15) is 0 Å². The van der Waals surface area contributed by atoms with Crippen LogP contribution in [0.25, 0.3) is 0 Å². The zero-order chi connectivity index (χ0) is 5.15. The van der Waals surface area contributed by atoms with E-state index in [0.717, 1.165) is 0 Å². The first-order chi connectivity index (χ1) is 2.64. The first-order valence-corrected chi connectivity index (χ1v) is 3.19. The van der Waals surface area contributed by atoms with Crippen LogP contribution in [0.3, 0.4) is 0 Å². The minimum Gasteiger partial charge on any atom is -0.412 e. The summed E-state index contributed by atoms with van der Waals surface area (Å²) >= 11 is 5.80. The van der Waals surface area contributed by atoms with E-state index in [1.165, 1.54) is 0 Å². The van der Waals surface area contributed by atoms with Gasteiger partial charge < -0.3 is 5.48 Å². The lowest BCUT2D eigenvalue weighted by molar-refractivity contribution is -0.109. The zero-order valence-corrected chi connectivity index (χ0v) is 6.91. The van der Waals surface area contributed by atoms with Gasteiger partial charge in [0.05, 0.1) is 4.83 Å². The molecule has 48 valence electrons. The highest BCUT2D eigenvalue weighted by Gasteiger charge is 2.00. The summed E-state index contributed by atoms with van der Waals surface area (Å²) in [4.78, 5) is 9.96. The predicted octanol–water partition coefficient (Wildman–Crippen LogP) is -0.0496. The highest BCUT2D eigenvalue weighted by Crippen LogP contribution is 2.02. The van der Waals surface area contributed by atoms with Crippen molar-refractivity contribution in [3.8, 4) is 0 Å². The lowest BCUT2D eigenvalue weighted by Crippen LogP contribution is -1.97. The summed E-state index contributed by atoms with van der Waals surface area (Å²) in [5.74, 6) is 0. The summed E-state index contributed by atoms with van der Waals surface area (Å²) < 4.78 is -0.0116. The van der Waals surface area contributed by atoms with Crippen LogP contribution in [-0.2, 0) is 4.79 Å². The number of hydrogen-bond donors (Lipinski definition) is 0. The van der Waals surface area contributed by atoms with E-state index in [0.29, 0.717) is 0 Å². The SMILES string of the molecule is CC(Br)C(=O)Br.O.[MgH2]. The molecular formula is C3H8Br2MgO2. The van der Waals surface area contributed by atoms with Gasteiger partial charge in [-0.25, -0.2) is 0 Å². The number of alkyl halides is 1. The summed E-state index contributed by atoms with van der Waals surface area (Å²) in [6, 6.07) is 0. The van der Waals surface area contributed by atoms with Crippen molar-refractivity contribution in [1.29, 1.82) is 0 Å². The normalized spacial score (nSPS) is 10.4. The van der Waals surface area contributed by atoms with Crippen LogP contribution in [0.1, 0.15) is 6.92 Å². The molecule has 0 aromatic carbocycles. The third-order valence-corrected chi connectivity index (χ3v) is 2.03. The Morgan fingerprint density at radius 3 is 1.75 bits per heavy atom. The third kappa shape index (κ3) is 10.4. The van der Waals surface area contributed by atoms with E-state index in [1.807, 2.05) is 0 Å². The van der Waals surface area contributed by atoms with Gasteiger partial charge in [0, 0.05) is 0 Å². The van der Waals surface area contributed by atoms with Crippen molar-refractivity contribution in [1.82, 2.24) is 0 Å². The molecule has 8 heavy (non-hydrogen) atoms. The first-order valence-electron chi connectivity index (χ1n) is 1.48. The van der Waals surface area contributed by atoms with Crippen LogP contribution in [-0.4, -0.2) is 38.0 Å². The molecule has 0 aliphatic carbocycles. The second-order valence-electron chi connectivity index (χ2n) is 0.920. The Balaban J connectivity index is -0.000000125. The second-order valence-corrected chi connectivity index (χ2v) is 3.08. The van der Waals surface area contributed by atoms with Crippen molar-refractivity contribution < 1.29 is 10.3 Å². The fourth-order valence-electron chi connectivity index (χ4n) is 0. The Hall–Kier alpha value is 1.36. The molecule has 0 aromatic rings. The van der Waals surface area contributed by atoms with E-state index < -0.39 is 0 Å². The molecule has 1 unspecified atom stereocenters. The highest BCUT2D eigenvalue weighted by atomic mass is 79.9. The molecule has 0 heterocycles. The van der Waals surface area contributed by atoms with Crippen molar-refractivity contribution in [3.05, 3.63) is 0 Å². The summed E-state index contributed by atoms with van der Waals surface area (Å²) in [7, 11) is 0. The number of hydrogen-bond acceptors (Lipinski definition) is 1. The molecule has 0 fully saturated rings. The lowest BCUT2D eigenvalue weighted by atomic mass is 10.6. The molecule has 0 saturated carbocycles. The maximum Gasteiger partial charge on any atom is 0.316 e. The molecule has 0 radical (unpaired) electrons. The molecule has 1 atom stereocenters. The third-order valence-electron chi connectivity index (χ3n) is 0.313. The number of halogens is 2. The molecule has 5 heteroatoms.